The van der Waals surface area contributed by atoms with Crippen LogP contribution in [0.4, 0.5) is 26.8 Å². The summed E-state index contributed by atoms with van der Waals surface area (Å²) in [7, 11) is 0. The number of nitrogens with zero attached hydrogens (tertiary/aromatic N) is 3. The predicted molar refractivity (Wildman–Crippen MR) is 174 cm³/mol. The number of benzene rings is 2. The van der Waals surface area contributed by atoms with E-state index in [-0.39, 0.29) is 17.5 Å². The van der Waals surface area contributed by atoms with Gasteiger partial charge in [-0.25, -0.2) is 14.3 Å². The van der Waals surface area contributed by atoms with Gasteiger partial charge in [0.05, 0.1) is 17.1 Å². The van der Waals surface area contributed by atoms with Gasteiger partial charge in [0.15, 0.2) is 0 Å². The molecule has 2 aliphatic rings. The van der Waals surface area contributed by atoms with E-state index in [0.717, 1.165) is 60.4 Å². The van der Waals surface area contributed by atoms with Crippen LogP contribution in [0.25, 0.3) is 5.69 Å². The van der Waals surface area contributed by atoms with Crippen LogP contribution in [0.5, 0.6) is 0 Å². The second-order valence-electron chi connectivity index (χ2n) is 13.0. The first-order chi connectivity index (χ1) is 20.6. The van der Waals surface area contributed by atoms with Crippen molar-refractivity contribution in [3.05, 3.63) is 88.2 Å². The lowest BCUT2D eigenvalue weighted by molar-refractivity contribution is 0.131. The van der Waals surface area contributed by atoms with Crippen molar-refractivity contribution < 1.29 is 9.59 Å². The molecule has 4 aromatic rings. The number of thiophene rings is 1. The van der Waals surface area contributed by atoms with Crippen molar-refractivity contribution in [1.29, 1.82) is 0 Å². The molecule has 3 atom stereocenters. The first-order valence-corrected chi connectivity index (χ1v) is 16.0. The van der Waals surface area contributed by atoms with Gasteiger partial charge in [-0.05, 0) is 86.2 Å². The summed E-state index contributed by atoms with van der Waals surface area (Å²) < 4.78 is 1.78. The van der Waals surface area contributed by atoms with Crippen molar-refractivity contribution in [2.75, 3.05) is 16.0 Å². The fraction of sp³-hybridized carbons (Fsp3) is 0.382. The highest BCUT2D eigenvalue weighted by Gasteiger charge is 2.43. The van der Waals surface area contributed by atoms with Crippen LogP contribution in [0.1, 0.15) is 63.3 Å². The number of anilines is 3. The lowest BCUT2D eigenvalue weighted by atomic mass is 9.86. The molecule has 9 heteroatoms. The Morgan fingerprint density at radius 2 is 1.60 bits per heavy atom. The summed E-state index contributed by atoms with van der Waals surface area (Å²) in [6.45, 7) is 8.37. The number of rotatable bonds is 6. The fourth-order valence-corrected chi connectivity index (χ4v) is 6.96. The van der Waals surface area contributed by atoms with Crippen molar-refractivity contribution >= 4 is 40.6 Å². The predicted octanol–water partition coefficient (Wildman–Crippen LogP) is 8.20. The van der Waals surface area contributed by atoms with Gasteiger partial charge in [0.25, 0.3) is 0 Å². The Labute approximate surface area is 257 Å². The summed E-state index contributed by atoms with van der Waals surface area (Å²) in [6.07, 6.45) is 5.19. The van der Waals surface area contributed by atoms with Gasteiger partial charge in [0.1, 0.15) is 5.82 Å². The van der Waals surface area contributed by atoms with E-state index in [1.165, 1.54) is 5.56 Å². The van der Waals surface area contributed by atoms with Crippen molar-refractivity contribution in [1.82, 2.24) is 14.7 Å². The number of piperidine rings is 1. The molecule has 3 N–H and O–H groups in total. The molecule has 4 amide bonds. The van der Waals surface area contributed by atoms with Crippen molar-refractivity contribution in [3.8, 4) is 5.69 Å². The molecule has 2 aromatic heterocycles. The largest absolute Gasteiger partial charge is 0.324 e. The number of nitrogens with one attached hydrogen (secondary N) is 3. The standard InChI is InChI=1S/C34H40N6O2S/c1-22-5-11-27(12-6-22)40-31(20-30(38-40)34(2,3)4)37-32(41)35-25-9-7-23(8-10-25)17-24-18-28-13-14-29(19-24)39(28)33(42)36-26-15-16-43-21-26/h5-12,15-16,20-21,24,28-29H,13-14,17-19H2,1-4H3,(H,36,42)(H2,35,37,41)/t24?,28-,29+. The molecule has 224 valence electrons. The Bertz CT molecular complexity index is 1560. The maximum atomic E-state index is 13.0. The summed E-state index contributed by atoms with van der Waals surface area (Å²) in [4.78, 5) is 28.1. The number of hydrogen-bond acceptors (Lipinski definition) is 4. The maximum absolute atomic E-state index is 13.0. The lowest BCUT2D eigenvalue weighted by Gasteiger charge is -2.39. The van der Waals surface area contributed by atoms with Gasteiger partial charge in [-0.1, -0.05) is 50.6 Å². The van der Waals surface area contributed by atoms with Gasteiger partial charge < -0.3 is 15.5 Å². The third kappa shape index (κ3) is 6.62. The van der Waals surface area contributed by atoms with Crippen LogP contribution < -0.4 is 16.0 Å². The van der Waals surface area contributed by atoms with Gasteiger partial charge in [0.2, 0.25) is 0 Å². The molecule has 2 aliphatic heterocycles. The molecule has 0 radical (unpaired) electrons. The molecule has 0 spiro atoms. The van der Waals surface area contributed by atoms with E-state index in [1.54, 1.807) is 16.0 Å². The third-order valence-electron chi connectivity index (χ3n) is 8.57. The van der Waals surface area contributed by atoms with Gasteiger partial charge in [-0.15, -0.1) is 0 Å². The number of amides is 4. The minimum absolute atomic E-state index is 0.0367. The van der Waals surface area contributed by atoms with E-state index in [4.69, 9.17) is 5.10 Å². The number of aryl methyl sites for hydroxylation is 1. The topological polar surface area (TPSA) is 91.3 Å². The SMILES string of the molecule is Cc1ccc(-n2nc(C(C)(C)C)cc2NC(=O)Nc2ccc(CC3C[C@H]4CC[C@@H](C3)N4C(=O)Nc3ccsc3)cc2)cc1. The van der Waals surface area contributed by atoms with Crippen LogP contribution in [0, 0.1) is 12.8 Å². The highest BCUT2D eigenvalue weighted by atomic mass is 32.1. The van der Waals surface area contributed by atoms with Crippen LogP contribution in [0.15, 0.2) is 71.4 Å². The monoisotopic (exact) mass is 596 g/mol. The Hall–Kier alpha value is -4.11. The molecule has 4 heterocycles. The van der Waals surface area contributed by atoms with Crippen LogP contribution in [0.2, 0.25) is 0 Å². The van der Waals surface area contributed by atoms with Crippen molar-refractivity contribution in [2.45, 2.75) is 77.3 Å². The number of carbonyl (C=O) groups is 2. The van der Waals surface area contributed by atoms with Gasteiger partial charge in [-0.2, -0.15) is 16.4 Å². The van der Waals surface area contributed by atoms with Gasteiger partial charge in [0, 0.05) is 34.6 Å². The molecular weight excluding hydrogens is 556 g/mol. The maximum Gasteiger partial charge on any atom is 0.324 e. The van der Waals surface area contributed by atoms with Crippen LogP contribution in [-0.4, -0.2) is 38.8 Å². The quantitative estimate of drug-likeness (QED) is 0.210. The normalized spacial score (nSPS) is 19.7. The number of hydrogen-bond donors (Lipinski definition) is 3. The molecule has 2 bridgehead atoms. The highest BCUT2D eigenvalue weighted by Crippen LogP contribution is 2.40. The van der Waals surface area contributed by atoms with E-state index >= 15 is 0 Å². The zero-order valence-corrected chi connectivity index (χ0v) is 26.1. The fourth-order valence-electron chi connectivity index (χ4n) is 6.37. The first kappa shape index (κ1) is 29.0. The van der Waals surface area contributed by atoms with Crippen molar-refractivity contribution in [2.24, 2.45) is 5.92 Å². The molecule has 8 nitrogen and oxygen atoms in total. The second kappa shape index (κ2) is 11.9. The zero-order chi connectivity index (χ0) is 30.1. The average molecular weight is 597 g/mol. The molecule has 6 rings (SSSR count). The zero-order valence-electron chi connectivity index (χ0n) is 25.3. The van der Waals surface area contributed by atoms with Crippen LogP contribution in [0.3, 0.4) is 0 Å². The van der Waals surface area contributed by atoms with E-state index in [9.17, 15) is 9.59 Å². The van der Waals surface area contributed by atoms with Gasteiger partial charge in [-0.3, -0.25) is 5.32 Å². The number of carbonyl (C=O) groups excluding carboxylic acids is 2. The number of urea groups is 2. The average Bonchev–Trinajstić information content (AvgIpc) is 3.69. The minimum Gasteiger partial charge on any atom is -0.319 e. The van der Waals surface area contributed by atoms with E-state index in [1.807, 2.05) is 66.2 Å². The summed E-state index contributed by atoms with van der Waals surface area (Å²) in [5, 5.41) is 17.8. The van der Waals surface area contributed by atoms with Crippen molar-refractivity contribution in [3.63, 3.8) is 0 Å². The van der Waals surface area contributed by atoms with Crippen LogP contribution >= 0.6 is 11.3 Å². The highest BCUT2D eigenvalue weighted by molar-refractivity contribution is 7.08. The molecular formula is C34H40N6O2S. The minimum atomic E-state index is -0.314. The smallest absolute Gasteiger partial charge is 0.319 e. The lowest BCUT2D eigenvalue weighted by Crippen LogP contribution is -2.48. The molecule has 0 aliphatic carbocycles. The van der Waals surface area contributed by atoms with Gasteiger partial charge >= 0.3 is 12.1 Å². The van der Waals surface area contributed by atoms with Crippen LogP contribution in [-0.2, 0) is 11.8 Å². The van der Waals surface area contributed by atoms with E-state index < -0.39 is 0 Å². The molecule has 43 heavy (non-hydrogen) atoms. The number of fused-ring (bicyclic) bond motifs is 2. The molecule has 0 saturated carbocycles. The molecule has 2 saturated heterocycles. The Morgan fingerprint density at radius 3 is 2.23 bits per heavy atom. The van der Waals surface area contributed by atoms with E-state index in [0.29, 0.717) is 23.8 Å². The summed E-state index contributed by atoms with van der Waals surface area (Å²) in [5.41, 5.74) is 5.66. The Balaban J connectivity index is 1.06. The number of aromatic nitrogens is 2. The third-order valence-corrected chi connectivity index (χ3v) is 9.26. The summed E-state index contributed by atoms with van der Waals surface area (Å²) in [5.74, 6) is 1.16. The molecule has 2 aromatic carbocycles. The second-order valence-corrected chi connectivity index (χ2v) is 13.7. The molecule has 2 fully saturated rings. The van der Waals surface area contributed by atoms with E-state index in [2.05, 4.69) is 53.8 Å². The Morgan fingerprint density at radius 1 is 0.907 bits per heavy atom. The molecule has 1 unspecified atom stereocenters. The Kier molecular flexibility index (Phi) is 8.01. The first-order valence-electron chi connectivity index (χ1n) is 15.1. The summed E-state index contributed by atoms with van der Waals surface area (Å²) in [6, 6.07) is 20.4. The summed E-state index contributed by atoms with van der Waals surface area (Å²) >= 11 is 1.59.